The second-order valence-electron chi connectivity index (χ2n) is 4.87. The molecule has 0 spiro atoms. The highest BCUT2D eigenvalue weighted by molar-refractivity contribution is 5.95. The van der Waals surface area contributed by atoms with E-state index in [1.165, 1.54) is 0 Å². The largest absolute Gasteiger partial charge is 0.480 e. The third kappa shape index (κ3) is 6.14. The predicted octanol–water partition coefficient (Wildman–Crippen LogP) is 2.59. The number of hydrogen-bond acceptors (Lipinski definition) is 3. The summed E-state index contributed by atoms with van der Waals surface area (Å²) in [6.45, 7) is 5.49. The van der Waals surface area contributed by atoms with E-state index in [1.807, 2.05) is 38.1 Å². The lowest BCUT2D eigenvalue weighted by Crippen LogP contribution is -2.47. The van der Waals surface area contributed by atoms with Gasteiger partial charge in [-0.1, -0.05) is 31.5 Å². The summed E-state index contributed by atoms with van der Waals surface area (Å²) in [6, 6.07) is 6.21. The average molecular weight is 315 g/mol. The maximum absolute atomic E-state index is 12.1. The number of carbonyl (C=O) groups excluding carboxylic acids is 1. The van der Waals surface area contributed by atoms with Crippen molar-refractivity contribution in [3.63, 3.8) is 0 Å². The highest BCUT2D eigenvalue weighted by Gasteiger charge is 2.22. The molecule has 1 aromatic rings. The van der Waals surface area contributed by atoms with Crippen molar-refractivity contribution in [3.8, 4) is 0 Å². The number of halogens is 1. The number of rotatable bonds is 7. The van der Waals surface area contributed by atoms with E-state index in [1.54, 1.807) is 6.92 Å². The Bertz CT molecular complexity index is 480. The summed E-state index contributed by atoms with van der Waals surface area (Å²) < 4.78 is 0. The van der Waals surface area contributed by atoms with Crippen LogP contribution in [0.5, 0.6) is 0 Å². The monoisotopic (exact) mass is 314 g/mol. The zero-order chi connectivity index (χ0) is 15.1. The van der Waals surface area contributed by atoms with E-state index in [2.05, 4.69) is 10.6 Å². The molecule has 2 unspecified atom stereocenters. The molecule has 0 aliphatic heterocycles. The molecule has 1 aromatic carbocycles. The zero-order valence-electron chi connectivity index (χ0n) is 12.6. The van der Waals surface area contributed by atoms with Crippen LogP contribution in [0.1, 0.15) is 32.3 Å². The van der Waals surface area contributed by atoms with Gasteiger partial charge in [0.25, 0.3) is 0 Å². The molecular formula is C15H23ClN2O3. The van der Waals surface area contributed by atoms with E-state index < -0.39 is 18.1 Å². The number of carboxylic acids is 1. The molecule has 1 rings (SSSR count). The summed E-state index contributed by atoms with van der Waals surface area (Å²) >= 11 is 0. The van der Waals surface area contributed by atoms with Crippen LogP contribution in [0.25, 0.3) is 0 Å². The van der Waals surface area contributed by atoms with E-state index >= 15 is 0 Å². The van der Waals surface area contributed by atoms with Crippen LogP contribution in [0.4, 0.5) is 5.69 Å². The Balaban J connectivity index is 0.00000400. The van der Waals surface area contributed by atoms with Crippen LogP contribution in [0, 0.1) is 6.92 Å². The summed E-state index contributed by atoms with van der Waals surface area (Å²) in [5.41, 5.74) is 1.71. The molecule has 6 heteroatoms. The molecule has 0 saturated heterocycles. The third-order valence-electron chi connectivity index (χ3n) is 3.12. The van der Waals surface area contributed by atoms with Gasteiger partial charge in [-0.3, -0.25) is 14.9 Å². The number of aliphatic carboxylic acids is 1. The van der Waals surface area contributed by atoms with Gasteiger partial charge in [-0.05, 0) is 31.9 Å². The minimum Gasteiger partial charge on any atom is -0.480 e. The quantitative estimate of drug-likeness (QED) is 0.723. The molecule has 118 valence electrons. The van der Waals surface area contributed by atoms with Crippen molar-refractivity contribution >= 4 is 30.0 Å². The van der Waals surface area contributed by atoms with Gasteiger partial charge >= 0.3 is 5.97 Å². The number of carboxylic acid groups (broad SMARTS) is 1. The molecule has 5 nitrogen and oxygen atoms in total. The van der Waals surface area contributed by atoms with Gasteiger partial charge in [-0.25, -0.2) is 0 Å². The van der Waals surface area contributed by atoms with Crippen LogP contribution in [0.3, 0.4) is 0 Å². The van der Waals surface area contributed by atoms with Crippen LogP contribution in [0.2, 0.25) is 0 Å². The van der Waals surface area contributed by atoms with Crippen molar-refractivity contribution in [1.29, 1.82) is 0 Å². The predicted molar refractivity (Wildman–Crippen MR) is 86.0 cm³/mol. The first-order chi connectivity index (χ1) is 9.45. The Labute approximate surface area is 131 Å². The second kappa shape index (κ2) is 9.37. The average Bonchev–Trinajstić information content (AvgIpc) is 2.40. The first-order valence-electron chi connectivity index (χ1n) is 6.81. The van der Waals surface area contributed by atoms with Crippen LogP contribution in [-0.2, 0) is 9.59 Å². The topological polar surface area (TPSA) is 78.4 Å². The fraction of sp³-hybridized carbons (Fsp3) is 0.467. The summed E-state index contributed by atoms with van der Waals surface area (Å²) in [5, 5.41) is 14.7. The molecule has 21 heavy (non-hydrogen) atoms. The Hall–Kier alpha value is -1.59. The number of hydrogen-bond donors (Lipinski definition) is 3. The lowest BCUT2D eigenvalue weighted by atomic mass is 10.1. The Morgan fingerprint density at radius 2 is 1.90 bits per heavy atom. The zero-order valence-corrected chi connectivity index (χ0v) is 13.4. The van der Waals surface area contributed by atoms with Gasteiger partial charge in [0.2, 0.25) is 5.91 Å². The van der Waals surface area contributed by atoms with Crippen LogP contribution >= 0.6 is 12.4 Å². The van der Waals surface area contributed by atoms with Crippen molar-refractivity contribution in [2.24, 2.45) is 0 Å². The summed E-state index contributed by atoms with van der Waals surface area (Å²) in [4.78, 5) is 23.1. The lowest BCUT2D eigenvalue weighted by molar-refractivity contribution is -0.140. The Morgan fingerprint density at radius 3 is 2.43 bits per heavy atom. The smallest absolute Gasteiger partial charge is 0.320 e. The van der Waals surface area contributed by atoms with Crippen LogP contribution in [-0.4, -0.2) is 29.1 Å². The van der Waals surface area contributed by atoms with E-state index in [9.17, 15) is 9.59 Å². The molecule has 0 radical (unpaired) electrons. The molecule has 1 amide bonds. The number of nitrogens with one attached hydrogen (secondary N) is 2. The van der Waals surface area contributed by atoms with Gasteiger partial charge in [-0.2, -0.15) is 0 Å². The van der Waals surface area contributed by atoms with E-state index in [0.29, 0.717) is 6.42 Å². The summed E-state index contributed by atoms with van der Waals surface area (Å²) in [5.74, 6) is -1.16. The first-order valence-corrected chi connectivity index (χ1v) is 6.81. The summed E-state index contributed by atoms with van der Waals surface area (Å²) in [7, 11) is 0. The van der Waals surface area contributed by atoms with Gasteiger partial charge in [-0.15, -0.1) is 12.4 Å². The van der Waals surface area contributed by atoms with Crippen molar-refractivity contribution in [2.75, 3.05) is 5.32 Å². The molecular weight excluding hydrogens is 292 g/mol. The van der Waals surface area contributed by atoms with Crippen molar-refractivity contribution in [3.05, 3.63) is 29.8 Å². The van der Waals surface area contributed by atoms with Crippen molar-refractivity contribution in [1.82, 2.24) is 5.32 Å². The minimum absolute atomic E-state index is 0. The number of aryl methyl sites for hydroxylation is 1. The van der Waals surface area contributed by atoms with Gasteiger partial charge < -0.3 is 10.4 Å². The fourth-order valence-electron chi connectivity index (χ4n) is 1.90. The fourth-order valence-corrected chi connectivity index (χ4v) is 1.90. The third-order valence-corrected chi connectivity index (χ3v) is 3.12. The van der Waals surface area contributed by atoms with E-state index in [0.717, 1.165) is 17.7 Å². The maximum atomic E-state index is 12.1. The van der Waals surface area contributed by atoms with Crippen LogP contribution in [0.15, 0.2) is 24.3 Å². The Kier molecular flexibility index (Phi) is 8.66. The molecule has 0 aliphatic rings. The van der Waals surface area contributed by atoms with Crippen LogP contribution < -0.4 is 10.6 Å². The SMILES string of the molecule is CCCC(NC(C)C(=O)Nc1ccccc1C)C(=O)O.Cl. The number of carbonyl (C=O) groups is 2. The highest BCUT2D eigenvalue weighted by Crippen LogP contribution is 2.13. The van der Waals surface area contributed by atoms with Crippen molar-refractivity contribution < 1.29 is 14.7 Å². The van der Waals surface area contributed by atoms with E-state index in [-0.39, 0.29) is 18.3 Å². The number of benzene rings is 1. The standard InChI is InChI=1S/C15H22N2O3.ClH/c1-4-7-13(15(19)20)16-11(3)14(18)17-12-9-6-5-8-10(12)2;/h5-6,8-9,11,13,16H,4,7H2,1-3H3,(H,17,18)(H,19,20);1H. The molecule has 3 N–H and O–H groups in total. The normalized spacial score (nSPS) is 12.9. The molecule has 0 aliphatic carbocycles. The van der Waals surface area contributed by atoms with E-state index in [4.69, 9.17) is 5.11 Å². The molecule has 0 aromatic heterocycles. The number of para-hydroxylation sites is 1. The molecule has 0 heterocycles. The van der Waals surface area contributed by atoms with Gasteiger partial charge in [0, 0.05) is 5.69 Å². The lowest BCUT2D eigenvalue weighted by Gasteiger charge is -2.19. The first kappa shape index (κ1) is 19.4. The van der Waals surface area contributed by atoms with Gasteiger partial charge in [0.15, 0.2) is 0 Å². The Morgan fingerprint density at radius 1 is 1.29 bits per heavy atom. The highest BCUT2D eigenvalue weighted by atomic mass is 35.5. The molecule has 0 saturated carbocycles. The summed E-state index contributed by atoms with van der Waals surface area (Å²) in [6.07, 6.45) is 1.24. The van der Waals surface area contributed by atoms with Gasteiger partial charge in [0.1, 0.15) is 6.04 Å². The molecule has 0 fully saturated rings. The number of amides is 1. The molecule has 0 bridgehead atoms. The second-order valence-corrected chi connectivity index (χ2v) is 4.87. The molecule has 2 atom stereocenters. The minimum atomic E-state index is -0.928. The van der Waals surface area contributed by atoms with Crippen molar-refractivity contribution in [2.45, 2.75) is 45.7 Å². The number of anilines is 1. The maximum Gasteiger partial charge on any atom is 0.320 e. The van der Waals surface area contributed by atoms with Gasteiger partial charge in [0.05, 0.1) is 6.04 Å².